The zero-order chi connectivity index (χ0) is 18.4. The Hall–Kier alpha value is -1.45. The molecule has 1 fully saturated rings. The summed E-state index contributed by atoms with van der Waals surface area (Å²) in [6.45, 7) is 0.995. The van der Waals surface area contributed by atoms with E-state index < -0.39 is 24.9 Å². The first-order valence-corrected chi connectivity index (χ1v) is 8.73. The highest BCUT2D eigenvalue weighted by Crippen LogP contribution is 2.32. The second-order valence-corrected chi connectivity index (χ2v) is 7.03. The molecule has 0 aromatic heterocycles. The van der Waals surface area contributed by atoms with E-state index in [-0.39, 0.29) is 17.9 Å². The van der Waals surface area contributed by atoms with Gasteiger partial charge in [0.15, 0.2) is 0 Å². The van der Waals surface area contributed by atoms with Crippen molar-refractivity contribution in [1.82, 2.24) is 5.32 Å². The molecular weight excluding hydrogens is 321 g/mol. The minimum absolute atomic E-state index is 0.0911. The van der Waals surface area contributed by atoms with Crippen LogP contribution in [-0.2, 0) is 11.2 Å². The maximum absolute atomic E-state index is 11.5. The average Bonchev–Trinajstić information content (AvgIpc) is 3.04. The summed E-state index contributed by atoms with van der Waals surface area (Å²) in [5, 5.41) is 31.2. The van der Waals surface area contributed by atoms with Crippen LogP contribution in [0.3, 0.4) is 0 Å². The molecule has 0 spiro atoms. The van der Waals surface area contributed by atoms with Crippen LogP contribution in [0, 0.1) is 17.8 Å². The smallest absolute Gasteiger partial charge is 0.469 e. The molecule has 0 radical (unpaired) electrons. The molecule has 1 saturated heterocycles. The molecule has 3 unspecified atom stereocenters. The minimum Gasteiger partial charge on any atom is -0.481 e. The van der Waals surface area contributed by atoms with Crippen LogP contribution in [0.1, 0.15) is 18.4 Å². The van der Waals surface area contributed by atoms with Crippen LogP contribution in [0.4, 0.5) is 0 Å². The van der Waals surface area contributed by atoms with E-state index in [0.29, 0.717) is 32.4 Å². The number of rotatable bonds is 9. The van der Waals surface area contributed by atoms with E-state index in [1.807, 2.05) is 30.3 Å². The third-order valence-electron chi connectivity index (χ3n) is 5.09. The van der Waals surface area contributed by atoms with Crippen molar-refractivity contribution in [1.29, 1.82) is 0 Å². The van der Waals surface area contributed by atoms with Gasteiger partial charge in [-0.1, -0.05) is 30.3 Å². The van der Waals surface area contributed by atoms with Crippen molar-refractivity contribution in [2.45, 2.75) is 31.2 Å². The van der Waals surface area contributed by atoms with Crippen LogP contribution in [-0.4, -0.2) is 53.3 Å². The lowest BCUT2D eigenvalue weighted by molar-refractivity contribution is -0.143. The second kappa shape index (κ2) is 9.31. The molecule has 1 aromatic carbocycles. The van der Waals surface area contributed by atoms with Gasteiger partial charge in [0.2, 0.25) is 0 Å². The zero-order valence-electron chi connectivity index (χ0n) is 14.3. The number of aliphatic carboxylic acids is 1. The number of hydrogen-bond acceptors (Lipinski definition) is 6. The maximum atomic E-state index is 11.5. The Bertz CT molecular complexity index is 546. The highest BCUT2D eigenvalue weighted by molar-refractivity contribution is 6.43. The first-order chi connectivity index (χ1) is 11.9. The van der Waals surface area contributed by atoms with E-state index in [9.17, 15) is 19.9 Å². The van der Waals surface area contributed by atoms with Gasteiger partial charge in [0.25, 0.3) is 0 Å². The normalized spacial score (nSPS) is 23.8. The number of nitrogens with two attached hydrogens (primary N) is 2. The van der Waals surface area contributed by atoms with E-state index >= 15 is 0 Å². The number of carbonyl (C=O) groups is 1. The van der Waals surface area contributed by atoms with Crippen molar-refractivity contribution in [3.63, 3.8) is 0 Å². The molecule has 1 aromatic rings. The van der Waals surface area contributed by atoms with Gasteiger partial charge in [0.1, 0.15) is 0 Å². The van der Waals surface area contributed by atoms with Crippen LogP contribution >= 0.6 is 0 Å². The third kappa shape index (κ3) is 5.79. The van der Waals surface area contributed by atoms with E-state index in [2.05, 4.69) is 5.32 Å². The Kier molecular flexibility index (Phi) is 7.40. The first-order valence-electron chi connectivity index (χ1n) is 8.73. The Balaban J connectivity index is 2.06. The van der Waals surface area contributed by atoms with Crippen molar-refractivity contribution >= 4 is 13.1 Å². The fraction of sp³-hybridized carbons (Fsp3) is 0.588. The fourth-order valence-electron chi connectivity index (χ4n) is 3.77. The molecule has 5 atom stereocenters. The van der Waals surface area contributed by atoms with Crippen LogP contribution in [0.5, 0.6) is 0 Å². The largest absolute Gasteiger partial charge is 0.481 e. The monoisotopic (exact) mass is 349 g/mol. The van der Waals surface area contributed by atoms with Crippen LogP contribution in [0.2, 0.25) is 0 Å². The third-order valence-corrected chi connectivity index (χ3v) is 5.09. The predicted molar refractivity (Wildman–Crippen MR) is 96.5 cm³/mol. The van der Waals surface area contributed by atoms with Crippen LogP contribution in [0.25, 0.3) is 0 Å². The van der Waals surface area contributed by atoms with E-state index in [1.54, 1.807) is 0 Å². The van der Waals surface area contributed by atoms with Gasteiger partial charge < -0.3 is 31.9 Å². The minimum atomic E-state index is -1.62. The molecule has 0 aliphatic carbocycles. The summed E-state index contributed by atoms with van der Waals surface area (Å²) in [5.74, 6) is -2.37. The summed E-state index contributed by atoms with van der Waals surface area (Å²) in [4.78, 5) is 11.5. The first kappa shape index (κ1) is 19.9. The molecule has 8 N–H and O–H groups in total. The number of carboxylic acids is 1. The van der Waals surface area contributed by atoms with Gasteiger partial charge in [-0.3, -0.25) is 4.79 Å². The Morgan fingerprint density at radius 1 is 1.20 bits per heavy atom. The van der Waals surface area contributed by atoms with E-state index in [4.69, 9.17) is 11.5 Å². The highest BCUT2D eigenvalue weighted by atomic mass is 16.4. The summed E-state index contributed by atoms with van der Waals surface area (Å²) < 4.78 is 0. The number of benzene rings is 1. The van der Waals surface area contributed by atoms with Gasteiger partial charge in [-0.15, -0.1) is 0 Å². The van der Waals surface area contributed by atoms with Crippen LogP contribution in [0.15, 0.2) is 30.3 Å². The molecule has 8 heteroatoms. The maximum Gasteiger partial charge on any atom is 0.469 e. The standard InChI is InChI=1S/C17H28BN3O4/c19-13(6-11-4-2-1-3-5-11)7-12(8-16(20)18(24)25)14-9-21-10-15(14)17(22)23/h1-5,12-16,21,24-25H,6-10,19-20H2,(H,22,23)/t12-,13?,14?,15?,16-/m1/s1. The molecule has 1 heterocycles. The quantitative estimate of drug-likeness (QED) is 0.321. The van der Waals surface area contributed by atoms with Crippen molar-refractivity contribution in [3.05, 3.63) is 35.9 Å². The molecule has 2 rings (SSSR count). The fourth-order valence-corrected chi connectivity index (χ4v) is 3.77. The van der Waals surface area contributed by atoms with Gasteiger partial charge in [-0.25, -0.2) is 0 Å². The Morgan fingerprint density at radius 2 is 1.88 bits per heavy atom. The van der Waals surface area contributed by atoms with E-state index in [0.717, 1.165) is 5.56 Å². The topological polar surface area (TPSA) is 142 Å². The summed E-state index contributed by atoms with van der Waals surface area (Å²) in [7, 11) is -1.62. The van der Waals surface area contributed by atoms with Gasteiger partial charge >= 0.3 is 13.1 Å². The molecule has 7 nitrogen and oxygen atoms in total. The van der Waals surface area contributed by atoms with Gasteiger partial charge in [0, 0.05) is 18.5 Å². The lowest BCUT2D eigenvalue weighted by Gasteiger charge is -2.30. The average molecular weight is 349 g/mol. The zero-order valence-corrected chi connectivity index (χ0v) is 14.3. The number of hydrogen-bond donors (Lipinski definition) is 6. The summed E-state index contributed by atoms with van der Waals surface area (Å²) in [5.41, 5.74) is 13.3. The molecule has 1 aliphatic rings. The molecule has 0 saturated carbocycles. The number of carboxylic acid groups (broad SMARTS) is 1. The highest BCUT2D eigenvalue weighted by Gasteiger charge is 2.40. The lowest BCUT2D eigenvalue weighted by atomic mass is 9.69. The Morgan fingerprint density at radius 3 is 2.48 bits per heavy atom. The molecular formula is C17H28BN3O4. The van der Waals surface area contributed by atoms with Gasteiger partial charge in [-0.05, 0) is 43.2 Å². The Labute approximate surface area is 148 Å². The summed E-state index contributed by atoms with van der Waals surface area (Å²) in [6, 6.07) is 9.73. The van der Waals surface area contributed by atoms with Crippen LogP contribution < -0.4 is 16.8 Å². The SMILES string of the molecule is NC(Cc1ccccc1)C[C@H](C[C@@H](N)B(O)O)C1CNCC1C(=O)O. The number of nitrogens with one attached hydrogen (secondary N) is 1. The summed E-state index contributed by atoms with van der Waals surface area (Å²) in [6.07, 6.45) is 1.61. The second-order valence-electron chi connectivity index (χ2n) is 7.03. The van der Waals surface area contributed by atoms with Gasteiger partial charge in [-0.2, -0.15) is 0 Å². The van der Waals surface area contributed by atoms with Crippen molar-refractivity contribution < 1.29 is 19.9 Å². The predicted octanol–water partition coefficient (Wildman–Crippen LogP) is -0.788. The van der Waals surface area contributed by atoms with Crippen molar-refractivity contribution in [3.8, 4) is 0 Å². The molecule has 138 valence electrons. The summed E-state index contributed by atoms with van der Waals surface area (Å²) >= 11 is 0. The molecule has 25 heavy (non-hydrogen) atoms. The van der Waals surface area contributed by atoms with Gasteiger partial charge in [0.05, 0.1) is 5.92 Å². The molecule has 0 amide bonds. The van der Waals surface area contributed by atoms with Crippen molar-refractivity contribution in [2.75, 3.05) is 13.1 Å². The molecule has 1 aliphatic heterocycles. The van der Waals surface area contributed by atoms with Crippen molar-refractivity contribution in [2.24, 2.45) is 29.2 Å². The van der Waals surface area contributed by atoms with E-state index in [1.165, 1.54) is 0 Å². The molecule has 0 bridgehead atoms. The lowest BCUT2D eigenvalue weighted by Crippen LogP contribution is -2.44.